The minimum absolute atomic E-state index is 0.0672. The van der Waals surface area contributed by atoms with Crippen LogP contribution >= 0.6 is 11.8 Å². The minimum atomic E-state index is -1.27. The maximum atomic E-state index is 12.6. The van der Waals surface area contributed by atoms with Crippen molar-refractivity contribution in [2.45, 2.75) is 24.8 Å². The minimum Gasteiger partial charge on any atom is -0.497 e. The van der Waals surface area contributed by atoms with E-state index >= 15 is 0 Å². The second kappa shape index (κ2) is 8.56. The van der Waals surface area contributed by atoms with Crippen LogP contribution in [0.1, 0.15) is 12.5 Å². The van der Waals surface area contributed by atoms with Gasteiger partial charge in [0.15, 0.2) is 0 Å². The third kappa shape index (κ3) is 4.37. The monoisotopic (exact) mass is 420 g/mol. The van der Waals surface area contributed by atoms with Crippen LogP contribution in [0, 0.1) is 0 Å². The SMILES string of the molecule is COc1cccc(CC(=O)NC2C(=O)N3C(C(=O)O)=C(COC(C)=O)CSC23)c1. The number of hydrogen-bond donors (Lipinski definition) is 2. The van der Waals surface area contributed by atoms with Crippen molar-refractivity contribution >= 4 is 35.5 Å². The van der Waals surface area contributed by atoms with Crippen LogP contribution in [0.15, 0.2) is 35.5 Å². The number of fused-ring (bicyclic) bond motifs is 1. The highest BCUT2D eigenvalue weighted by Gasteiger charge is 2.54. The molecule has 1 fully saturated rings. The maximum absolute atomic E-state index is 12.6. The zero-order valence-corrected chi connectivity index (χ0v) is 16.7. The number of carbonyl (C=O) groups is 4. The van der Waals surface area contributed by atoms with Crippen LogP contribution in [0.3, 0.4) is 0 Å². The number of carboxylic acid groups (broad SMARTS) is 1. The summed E-state index contributed by atoms with van der Waals surface area (Å²) in [6.07, 6.45) is 0.0672. The first-order valence-corrected chi connectivity index (χ1v) is 9.82. The van der Waals surface area contributed by atoms with Crippen molar-refractivity contribution in [1.29, 1.82) is 0 Å². The summed E-state index contributed by atoms with van der Waals surface area (Å²) in [5.74, 6) is -1.74. The number of aliphatic carboxylic acids is 1. The number of ether oxygens (including phenoxy) is 2. The average molecular weight is 420 g/mol. The molecule has 0 radical (unpaired) electrons. The predicted molar refractivity (Wildman–Crippen MR) is 103 cm³/mol. The molecule has 2 unspecified atom stereocenters. The lowest BCUT2D eigenvalue weighted by Gasteiger charge is -2.49. The van der Waals surface area contributed by atoms with Crippen LogP contribution in [0.5, 0.6) is 5.75 Å². The van der Waals surface area contributed by atoms with Crippen LogP contribution in [0.4, 0.5) is 0 Å². The third-order valence-electron chi connectivity index (χ3n) is 4.51. The molecule has 0 aromatic heterocycles. The van der Waals surface area contributed by atoms with E-state index in [4.69, 9.17) is 9.47 Å². The molecule has 1 saturated heterocycles. The number of benzene rings is 1. The number of nitrogens with one attached hydrogen (secondary N) is 1. The van der Waals surface area contributed by atoms with Crippen LogP contribution in [-0.2, 0) is 30.3 Å². The molecule has 2 aliphatic heterocycles. The van der Waals surface area contributed by atoms with Crippen LogP contribution in [-0.4, -0.2) is 64.6 Å². The fourth-order valence-corrected chi connectivity index (χ4v) is 4.50. The normalized spacial score (nSPS) is 20.5. The van der Waals surface area contributed by atoms with Crippen molar-refractivity contribution in [3.8, 4) is 5.75 Å². The summed E-state index contributed by atoms with van der Waals surface area (Å²) in [5.41, 5.74) is 0.901. The van der Waals surface area contributed by atoms with Gasteiger partial charge in [-0.3, -0.25) is 19.3 Å². The van der Waals surface area contributed by atoms with Crippen molar-refractivity contribution in [1.82, 2.24) is 10.2 Å². The highest BCUT2D eigenvalue weighted by molar-refractivity contribution is 8.00. The largest absolute Gasteiger partial charge is 0.497 e. The Morgan fingerprint density at radius 2 is 2.10 bits per heavy atom. The molecule has 2 atom stereocenters. The average Bonchev–Trinajstić information content (AvgIpc) is 2.69. The summed E-state index contributed by atoms with van der Waals surface area (Å²) in [7, 11) is 1.53. The molecule has 154 valence electrons. The van der Waals surface area contributed by atoms with E-state index in [1.54, 1.807) is 24.3 Å². The highest BCUT2D eigenvalue weighted by Crippen LogP contribution is 2.40. The first kappa shape index (κ1) is 20.7. The van der Waals surface area contributed by atoms with Crippen LogP contribution in [0.25, 0.3) is 0 Å². The van der Waals surface area contributed by atoms with Gasteiger partial charge in [-0.15, -0.1) is 11.8 Å². The summed E-state index contributed by atoms with van der Waals surface area (Å²) in [6.45, 7) is 1.04. The predicted octanol–water partition coefficient (Wildman–Crippen LogP) is 0.539. The molecular formula is C19H20N2O7S. The van der Waals surface area contributed by atoms with Crippen molar-refractivity contribution < 1.29 is 33.8 Å². The van der Waals surface area contributed by atoms with Crippen molar-refractivity contribution in [3.63, 3.8) is 0 Å². The molecule has 9 nitrogen and oxygen atoms in total. The number of methoxy groups -OCH3 is 1. The lowest BCUT2D eigenvalue weighted by atomic mass is 10.0. The summed E-state index contributed by atoms with van der Waals surface area (Å²) in [4.78, 5) is 48.8. The van der Waals surface area contributed by atoms with Crippen LogP contribution in [0.2, 0.25) is 0 Å². The van der Waals surface area contributed by atoms with Crippen molar-refractivity contribution in [3.05, 3.63) is 41.1 Å². The third-order valence-corrected chi connectivity index (χ3v) is 5.85. The van der Waals surface area contributed by atoms with Gasteiger partial charge < -0.3 is 19.9 Å². The number of rotatable bonds is 7. The Labute approximate surface area is 171 Å². The summed E-state index contributed by atoms with van der Waals surface area (Å²) in [6, 6.07) is 6.24. The molecule has 1 aromatic carbocycles. The van der Waals surface area contributed by atoms with E-state index in [2.05, 4.69) is 5.32 Å². The summed E-state index contributed by atoms with van der Waals surface area (Å²) >= 11 is 1.32. The molecule has 10 heteroatoms. The van der Waals surface area contributed by atoms with E-state index in [0.29, 0.717) is 11.3 Å². The van der Waals surface area contributed by atoms with E-state index in [0.717, 1.165) is 10.5 Å². The zero-order chi connectivity index (χ0) is 21.1. The number of carbonyl (C=O) groups excluding carboxylic acids is 3. The highest BCUT2D eigenvalue weighted by atomic mass is 32.2. The van der Waals surface area contributed by atoms with Crippen LogP contribution < -0.4 is 10.1 Å². The van der Waals surface area contributed by atoms with Gasteiger partial charge in [0.1, 0.15) is 29.5 Å². The molecular weight excluding hydrogens is 400 g/mol. The van der Waals surface area contributed by atoms with Gasteiger partial charge in [0, 0.05) is 18.2 Å². The van der Waals surface area contributed by atoms with Gasteiger partial charge in [-0.05, 0) is 17.7 Å². The first-order chi connectivity index (χ1) is 13.8. The summed E-state index contributed by atoms with van der Waals surface area (Å²) in [5, 5.41) is 11.7. The van der Waals surface area contributed by atoms with E-state index in [1.165, 1.54) is 25.8 Å². The van der Waals surface area contributed by atoms with Gasteiger partial charge in [0.25, 0.3) is 5.91 Å². The molecule has 2 amide bonds. The van der Waals surface area contributed by atoms with Gasteiger partial charge in [0.05, 0.1) is 13.5 Å². The Hall–Kier alpha value is -3.01. The fraction of sp³-hybridized carbons (Fsp3) is 0.368. The second-order valence-electron chi connectivity index (χ2n) is 6.52. The Bertz CT molecular complexity index is 898. The molecule has 29 heavy (non-hydrogen) atoms. The lowest BCUT2D eigenvalue weighted by Crippen LogP contribution is -2.70. The number of β-lactam (4-membered cyclic amide) rings is 1. The van der Waals surface area contributed by atoms with Gasteiger partial charge in [-0.25, -0.2) is 4.79 Å². The van der Waals surface area contributed by atoms with E-state index in [9.17, 15) is 24.3 Å². The quantitative estimate of drug-likeness (QED) is 0.484. The second-order valence-corrected chi connectivity index (χ2v) is 7.63. The molecule has 2 N–H and O–H groups in total. The number of hydrogen-bond acceptors (Lipinski definition) is 7. The van der Waals surface area contributed by atoms with Crippen molar-refractivity contribution in [2.75, 3.05) is 19.5 Å². The lowest BCUT2D eigenvalue weighted by molar-refractivity contribution is -0.151. The van der Waals surface area contributed by atoms with Gasteiger partial charge in [-0.1, -0.05) is 12.1 Å². The standard InChI is InChI=1S/C19H20N2O7S/c1-10(22)28-8-12-9-29-18-15(17(24)21(18)16(12)19(25)26)20-14(23)7-11-4-3-5-13(6-11)27-2/h3-6,15,18H,7-9H2,1-2H3,(H,20,23)(H,25,26). The molecule has 2 aliphatic rings. The fourth-order valence-electron chi connectivity index (χ4n) is 3.18. The molecule has 0 spiro atoms. The Morgan fingerprint density at radius 3 is 2.76 bits per heavy atom. The number of nitrogens with zero attached hydrogens (tertiary/aromatic N) is 1. The maximum Gasteiger partial charge on any atom is 0.352 e. The van der Waals surface area contributed by atoms with E-state index in [-0.39, 0.29) is 30.4 Å². The molecule has 3 rings (SSSR count). The molecule has 2 heterocycles. The number of esters is 1. The van der Waals surface area contributed by atoms with E-state index in [1.807, 2.05) is 0 Å². The molecule has 0 aliphatic carbocycles. The van der Waals surface area contributed by atoms with E-state index < -0.39 is 29.3 Å². The summed E-state index contributed by atoms with van der Waals surface area (Å²) < 4.78 is 10.0. The smallest absolute Gasteiger partial charge is 0.352 e. The molecule has 0 bridgehead atoms. The molecule has 1 aromatic rings. The zero-order valence-electron chi connectivity index (χ0n) is 15.8. The van der Waals surface area contributed by atoms with Crippen molar-refractivity contribution in [2.24, 2.45) is 0 Å². The van der Waals surface area contributed by atoms with Gasteiger partial charge in [-0.2, -0.15) is 0 Å². The Kier molecular flexibility index (Phi) is 6.12. The van der Waals surface area contributed by atoms with Gasteiger partial charge in [0.2, 0.25) is 5.91 Å². The number of thioether (sulfide) groups is 1. The first-order valence-electron chi connectivity index (χ1n) is 8.77. The molecule has 0 saturated carbocycles. The van der Waals surface area contributed by atoms with Gasteiger partial charge >= 0.3 is 11.9 Å². The topological polar surface area (TPSA) is 122 Å². The Morgan fingerprint density at radius 1 is 1.34 bits per heavy atom. The Balaban J connectivity index is 1.67. The number of carboxylic acids is 1. The number of amides is 2.